The first-order valence-corrected chi connectivity index (χ1v) is 9.29. The van der Waals surface area contributed by atoms with Gasteiger partial charge in [-0.2, -0.15) is 0 Å². The first kappa shape index (κ1) is 15.4. The molecule has 0 spiro atoms. The summed E-state index contributed by atoms with van der Waals surface area (Å²) in [5.41, 5.74) is 1.42. The molecule has 0 aromatic carbocycles. The molecule has 2 heterocycles. The van der Waals surface area contributed by atoms with Gasteiger partial charge < -0.3 is 5.32 Å². The van der Waals surface area contributed by atoms with Crippen molar-refractivity contribution in [1.82, 2.24) is 15.2 Å². The summed E-state index contributed by atoms with van der Waals surface area (Å²) in [6.07, 6.45) is 5.52. The minimum absolute atomic E-state index is 0.174. The van der Waals surface area contributed by atoms with Crippen LogP contribution in [0.15, 0.2) is 5.38 Å². The molecule has 1 aromatic rings. The van der Waals surface area contributed by atoms with E-state index in [0.29, 0.717) is 0 Å². The summed E-state index contributed by atoms with van der Waals surface area (Å²) in [4.78, 5) is 7.45. The van der Waals surface area contributed by atoms with Crippen LogP contribution < -0.4 is 5.32 Å². The Labute approximate surface area is 133 Å². The van der Waals surface area contributed by atoms with Gasteiger partial charge in [-0.25, -0.2) is 4.98 Å². The first-order chi connectivity index (χ1) is 10.0. The van der Waals surface area contributed by atoms with Crippen LogP contribution in [0.1, 0.15) is 57.2 Å². The highest BCUT2D eigenvalue weighted by Gasteiger charge is 2.25. The average molecular weight is 308 g/mol. The monoisotopic (exact) mass is 307 g/mol. The van der Waals surface area contributed by atoms with E-state index in [1.54, 1.807) is 0 Å². The van der Waals surface area contributed by atoms with Crippen LogP contribution in [0.4, 0.5) is 0 Å². The van der Waals surface area contributed by atoms with Crippen LogP contribution in [-0.2, 0) is 12.0 Å². The summed E-state index contributed by atoms with van der Waals surface area (Å²) in [6, 6.07) is 0.841. The van der Waals surface area contributed by atoms with Crippen molar-refractivity contribution in [2.24, 2.45) is 5.92 Å². The van der Waals surface area contributed by atoms with E-state index in [2.05, 4.69) is 36.4 Å². The Morgan fingerprint density at radius 2 is 2.14 bits per heavy atom. The maximum atomic E-state index is 4.85. The minimum Gasteiger partial charge on any atom is -0.314 e. The predicted molar refractivity (Wildman–Crippen MR) is 89.8 cm³/mol. The SMILES string of the molecule is CC(C)(C)c1csc(CN2CCCC(CNC3CC3)C2)n1. The lowest BCUT2D eigenvalue weighted by Gasteiger charge is -2.32. The Bertz CT molecular complexity index is 459. The molecule has 1 aliphatic heterocycles. The lowest BCUT2D eigenvalue weighted by atomic mass is 9.93. The van der Waals surface area contributed by atoms with E-state index in [-0.39, 0.29) is 5.41 Å². The van der Waals surface area contributed by atoms with Crippen molar-refractivity contribution >= 4 is 11.3 Å². The van der Waals surface area contributed by atoms with Crippen molar-refractivity contribution in [1.29, 1.82) is 0 Å². The van der Waals surface area contributed by atoms with E-state index in [9.17, 15) is 0 Å². The molecular weight excluding hydrogens is 278 g/mol. The number of likely N-dealkylation sites (tertiary alicyclic amines) is 1. The van der Waals surface area contributed by atoms with Gasteiger partial charge in [0.1, 0.15) is 5.01 Å². The second-order valence-electron chi connectivity index (χ2n) is 7.80. The zero-order valence-electron chi connectivity index (χ0n) is 13.7. The average Bonchev–Trinajstić information content (AvgIpc) is 3.14. The molecule has 1 unspecified atom stereocenters. The molecule has 1 atom stereocenters. The van der Waals surface area contributed by atoms with Crippen molar-refractivity contribution in [3.8, 4) is 0 Å². The lowest BCUT2D eigenvalue weighted by Crippen LogP contribution is -2.39. The van der Waals surface area contributed by atoms with E-state index in [0.717, 1.165) is 18.5 Å². The number of hydrogen-bond acceptors (Lipinski definition) is 4. The largest absolute Gasteiger partial charge is 0.314 e. The number of nitrogens with one attached hydrogen (secondary N) is 1. The van der Waals surface area contributed by atoms with Crippen LogP contribution in [0, 0.1) is 5.92 Å². The Hall–Kier alpha value is -0.450. The predicted octanol–water partition coefficient (Wildman–Crippen LogP) is 3.40. The van der Waals surface area contributed by atoms with Gasteiger partial charge in [-0.05, 0) is 44.7 Å². The third kappa shape index (κ3) is 4.51. The summed E-state index contributed by atoms with van der Waals surface area (Å²) in [5.74, 6) is 0.835. The van der Waals surface area contributed by atoms with Gasteiger partial charge in [0.2, 0.25) is 0 Å². The topological polar surface area (TPSA) is 28.2 Å². The van der Waals surface area contributed by atoms with E-state index in [4.69, 9.17) is 4.98 Å². The smallest absolute Gasteiger partial charge is 0.107 e. The maximum absolute atomic E-state index is 4.85. The van der Waals surface area contributed by atoms with Gasteiger partial charge in [0.05, 0.1) is 12.2 Å². The molecule has 2 fully saturated rings. The molecule has 1 aromatic heterocycles. The van der Waals surface area contributed by atoms with Crippen molar-refractivity contribution in [3.63, 3.8) is 0 Å². The summed E-state index contributed by atoms with van der Waals surface area (Å²) in [6.45, 7) is 11.5. The molecule has 21 heavy (non-hydrogen) atoms. The van der Waals surface area contributed by atoms with Gasteiger partial charge in [-0.15, -0.1) is 11.3 Å². The molecule has 1 aliphatic carbocycles. The quantitative estimate of drug-likeness (QED) is 0.903. The standard InChI is InChI=1S/C17H29N3S/c1-17(2,3)15-12-21-16(19-15)11-20-8-4-5-13(10-20)9-18-14-6-7-14/h12-14,18H,4-11H2,1-3H3. The third-order valence-electron chi connectivity index (χ3n) is 4.55. The molecule has 0 amide bonds. The molecular formula is C17H29N3S. The fourth-order valence-corrected chi connectivity index (χ4v) is 4.06. The Kier molecular flexibility index (Phi) is 4.67. The number of nitrogens with zero attached hydrogens (tertiary/aromatic N) is 2. The molecule has 118 valence electrons. The summed E-state index contributed by atoms with van der Waals surface area (Å²) in [5, 5.41) is 7.22. The summed E-state index contributed by atoms with van der Waals surface area (Å²) < 4.78 is 0. The number of hydrogen-bond donors (Lipinski definition) is 1. The summed E-state index contributed by atoms with van der Waals surface area (Å²) in [7, 11) is 0. The highest BCUT2D eigenvalue weighted by Crippen LogP contribution is 2.26. The molecule has 0 bridgehead atoms. The molecule has 3 rings (SSSR count). The Morgan fingerprint density at radius 1 is 1.33 bits per heavy atom. The molecule has 0 radical (unpaired) electrons. The van der Waals surface area contributed by atoms with Crippen LogP contribution in [0.5, 0.6) is 0 Å². The van der Waals surface area contributed by atoms with E-state index < -0.39 is 0 Å². The molecule has 1 N–H and O–H groups in total. The van der Waals surface area contributed by atoms with Crippen molar-refractivity contribution in [3.05, 3.63) is 16.1 Å². The van der Waals surface area contributed by atoms with Gasteiger partial charge in [-0.3, -0.25) is 4.90 Å². The lowest BCUT2D eigenvalue weighted by molar-refractivity contribution is 0.165. The molecule has 1 saturated carbocycles. The van der Waals surface area contributed by atoms with Crippen molar-refractivity contribution < 1.29 is 0 Å². The number of piperidine rings is 1. The maximum Gasteiger partial charge on any atom is 0.107 e. The molecule has 4 heteroatoms. The van der Waals surface area contributed by atoms with Gasteiger partial charge >= 0.3 is 0 Å². The zero-order chi connectivity index (χ0) is 14.9. The Balaban J connectivity index is 1.50. The molecule has 2 aliphatic rings. The third-order valence-corrected chi connectivity index (χ3v) is 5.39. The first-order valence-electron chi connectivity index (χ1n) is 8.41. The van der Waals surface area contributed by atoms with Crippen LogP contribution in [0.2, 0.25) is 0 Å². The highest BCUT2D eigenvalue weighted by atomic mass is 32.1. The number of aromatic nitrogens is 1. The van der Waals surface area contributed by atoms with Gasteiger partial charge in [0.15, 0.2) is 0 Å². The second kappa shape index (κ2) is 6.35. The van der Waals surface area contributed by atoms with Gasteiger partial charge in [0, 0.05) is 23.4 Å². The fraction of sp³-hybridized carbons (Fsp3) is 0.824. The van der Waals surface area contributed by atoms with Crippen LogP contribution in [0.3, 0.4) is 0 Å². The van der Waals surface area contributed by atoms with Crippen LogP contribution >= 0.6 is 11.3 Å². The van der Waals surface area contributed by atoms with Crippen LogP contribution in [0.25, 0.3) is 0 Å². The number of thiazole rings is 1. The van der Waals surface area contributed by atoms with Crippen molar-refractivity contribution in [2.75, 3.05) is 19.6 Å². The second-order valence-corrected chi connectivity index (χ2v) is 8.75. The molecule has 3 nitrogen and oxygen atoms in total. The van der Waals surface area contributed by atoms with Gasteiger partial charge in [0.25, 0.3) is 0 Å². The van der Waals surface area contributed by atoms with Gasteiger partial charge in [-0.1, -0.05) is 20.8 Å². The Morgan fingerprint density at radius 3 is 2.81 bits per heavy atom. The van der Waals surface area contributed by atoms with E-state index >= 15 is 0 Å². The summed E-state index contributed by atoms with van der Waals surface area (Å²) >= 11 is 1.83. The normalized spacial score (nSPS) is 24.4. The minimum atomic E-state index is 0.174. The van der Waals surface area contributed by atoms with Crippen molar-refractivity contribution in [2.45, 2.75) is 64.5 Å². The van der Waals surface area contributed by atoms with E-state index in [1.165, 1.54) is 56.0 Å². The zero-order valence-corrected chi connectivity index (χ0v) is 14.5. The van der Waals surface area contributed by atoms with E-state index in [1.807, 2.05) is 11.3 Å². The number of rotatable bonds is 5. The fourth-order valence-electron chi connectivity index (χ4n) is 3.00. The van der Waals surface area contributed by atoms with Crippen LogP contribution in [-0.4, -0.2) is 35.6 Å². The highest BCUT2D eigenvalue weighted by molar-refractivity contribution is 7.09. The molecule has 1 saturated heterocycles.